The number of hydrogen-bond donors (Lipinski definition) is 2. The topological polar surface area (TPSA) is 111 Å². The minimum absolute atomic E-state index is 0.0223. The number of benzene rings is 2. The van der Waals surface area contributed by atoms with Crippen LogP contribution in [0.15, 0.2) is 48.5 Å². The quantitative estimate of drug-likeness (QED) is 0.724. The molecule has 0 unspecified atom stereocenters. The molecule has 8 heteroatoms. The minimum atomic E-state index is -0.601. The Hall–Kier alpha value is -3.55. The summed E-state index contributed by atoms with van der Waals surface area (Å²) in [5.74, 6) is -0.212. The molecule has 3 N–H and O–H groups in total. The number of nitrogens with zero attached hydrogens (tertiary/aromatic N) is 1. The van der Waals surface area contributed by atoms with Crippen molar-refractivity contribution in [2.75, 3.05) is 32.1 Å². The molecule has 8 nitrogen and oxygen atoms in total. The molecular weight excluding hydrogens is 386 g/mol. The Labute approximate surface area is 174 Å². The lowest BCUT2D eigenvalue weighted by atomic mass is 9.95. The van der Waals surface area contributed by atoms with Crippen molar-refractivity contribution in [3.8, 4) is 11.5 Å². The van der Waals surface area contributed by atoms with E-state index >= 15 is 0 Å². The number of methoxy groups -OCH3 is 1. The van der Waals surface area contributed by atoms with Crippen LogP contribution in [0.5, 0.6) is 11.5 Å². The molecule has 2 aromatic carbocycles. The molecule has 0 saturated carbocycles. The Morgan fingerprint density at radius 2 is 1.77 bits per heavy atom. The van der Waals surface area contributed by atoms with Gasteiger partial charge < -0.3 is 25.4 Å². The maximum Gasteiger partial charge on any atom is 0.255 e. The second kappa shape index (κ2) is 9.78. The van der Waals surface area contributed by atoms with Crippen LogP contribution in [-0.2, 0) is 9.59 Å². The highest BCUT2D eigenvalue weighted by Crippen LogP contribution is 2.29. The monoisotopic (exact) mass is 411 g/mol. The van der Waals surface area contributed by atoms with E-state index in [4.69, 9.17) is 15.2 Å². The van der Waals surface area contributed by atoms with Gasteiger partial charge in [0.1, 0.15) is 0 Å². The van der Waals surface area contributed by atoms with Gasteiger partial charge in [0, 0.05) is 30.3 Å². The number of carbonyl (C=O) groups is 3. The Balaban J connectivity index is 1.58. The SMILES string of the molecule is COc1cc(C(=O)N2CCC(C(=O)Nc3ccccc3)CC2)ccc1OCC(N)=O. The van der Waals surface area contributed by atoms with Gasteiger partial charge in [-0.05, 0) is 43.2 Å². The van der Waals surface area contributed by atoms with Crippen LogP contribution >= 0.6 is 0 Å². The number of piperidine rings is 1. The van der Waals surface area contributed by atoms with Crippen LogP contribution in [0.2, 0.25) is 0 Å². The maximum absolute atomic E-state index is 12.9. The van der Waals surface area contributed by atoms with Crippen molar-refractivity contribution >= 4 is 23.4 Å². The summed E-state index contributed by atoms with van der Waals surface area (Å²) in [6.07, 6.45) is 1.20. The average Bonchev–Trinajstić information content (AvgIpc) is 2.77. The molecule has 3 rings (SSSR count). The number of amides is 3. The van der Waals surface area contributed by atoms with E-state index < -0.39 is 5.91 Å². The van der Waals surface area contributed by atoms with Gasteiger partial charge in [-0.25, -0.2) is 0 Å². The van der Waals surface area contributed by atoms with Crippen LogP contribution in [0.4, 0.5) is 5.69 Å². The minimum Gasteiger partial charge on any atom is -0.493 e. The lowest BCUT2D eigenvalue weighted by Gasteiger charge is -2.31. The number of anilines is 1. The number of nitrogens with two attached hydrogens (primary N) is 1. The molecule has 0 bridgehead atoms. The van der Waals surface area contributed by atoms with E-state index in [1.807, 2.05) is 30.3 Å². The Bertz CT molecular complexity index is 908. The highest BCUT2D eigenvalue weighted by Gasteiger charge is 2.28. The van der Waals surface area contributed by atoms with Gasteiger partial charge in [-0.2, -0.15) is 0 Å². The number of hydrogen-bond acceptors (Lipinski definition) is 5. The van der Waals surface area contributed by atoms with E-state index in [0.29, 0.717) is 43.0 Å². The van der Waals surface area contributed by atoms with Gasteiger partial charge in [0.2, 0.25) is 5.91 Å². The van der Waals surface area contributed by atoms with Gasteiger partial charge in [-0.15, -0.1) is 0 Å². The van der Waals surface area contributed by atoms with Crippen LogP contribution in [0.25, 0.3) is 0 Å². The molecule has 30 heavy (non-hydrogen) atoms. The van der Waals surface area contributed by atoms with Crippen molar-refractivity contribution in [1.82, 2.24) is 4.90 Å². The van der Waals surface area contributed by atoms with E-state index in [2.05, 4.69) is 5.32 Å². The van der Waals surface area contributed by atoms with Gasteiger partial charge in [-0.1, -0.05) is 18.2 Å². The summed E-state index contributed by atoms with van der Waals surface area (Å²) in [7, 11) is 1.46. The van der Waals surface area contributed by atoms with Crippen LogP contribution in [0.3, 0.4) is 0 Å². The molecule has 0 aliphatic carbocycles. The molecule has 1 saturated heterocycles. The highest BCUT2D eigenvalue weighted by molar-refractivity contribution is 5.96. The standard InChI is InChI=1S/C22H25N3O5/c1-29-19-13-16(7-8-18(19)30-14-20(23)26)22(28)25-11-9-15(10-12-25)21(27)24-17-5-3-2-4-6-17/h2-8,13,15H,9-12,14H2,1H3,(H2,23,26)(H,24,27). The predicted molar refractivity (Wildman–Crippen MR) is 111 cm³/mol. The number of likely N-dealkylation sites (tertiary alicyclic amines) is 1. The number of rotatable bonds is 7. The summed E-state index contributed by atoms with van der Waals surface area (Å²) in [4.78, 5) is 38.0. The molecule has 2 aromatic rings. The molecule has 0 aromatic heterocycles. The fourth-order valence-electron chi connectivity index (χ4n) is 3.36. The molecule has 0 radical (unpaired) electrons. The third-order valence-corrected chi connectivity index (χ3v) is 4.97. The summed E-state index contributed by atoms with van der Waals surface area (Å²) in [6.45, 7) is 0.712. The van der Waals surface area contributed by atoms with E-state index in [-0.39, 0.29) is 24.3 Å². The van der Waals surface area contributed by atoms with E-state index in [9.17, 15) is 14.4 Å². The lowest BCUT2D eigenvalue weighted by Crippen LogP contribution is -2.41. The Morgan fingerprint density at radius 3 is 2.40 bits per heavy atom. The largest absolute Gasteiger partial charge is 0.493 e. The zero-order chi connectivity index (χ0) is 21.5. The van der Waals surface area contributed by atoms with Crippen molar-refractivity contribution in [3.63, 3.8) is 0 Å². The smallest absolute Gasteiger partial charge is 0.255 e. The number of nitrogens with one attached hydrogen (secondary N) is 1. The van der Waals surface area contributed by atoms with E-state index in [1.165, 1.54) is 7.11 Å². The van der Waals surface area contributed by atoms with Gasteiger partial charge in [-0.3, -0.25) is 14.4 Å². The van der Waals surface area contributed by atoms with Crippen molar-refractivity contribution in [2.24, 2.45) is 11.7 Å². The first-order chi connectivity index (χ1) is 14.5. The Morgan fingerprint density at radius 1 is 1.07 bits per heavy atom. The van der Waals surface area contributed by atoms with Gasteiger partial charge in [0.25, 0.3) is 11.8 Å². The lowest BCUT2D eigenvalue weighted by molar-refractivity contribution is -0.121. The maximum atomic E-state index is 12.9. The zero-order valence-electron chi connectivity index (χ0n) is 16.8. The fraction of sp³-hybridized carbons (Fsp3) is 0.318. The van der Waals surface area contributed by atoms with Crippen molar-refractivity contribution in [2.45, 2.75) is 12.8 Å². The molecular formula is C22H25N3O5. The van der Waals surface area contributed by atoms with E-state index in [0.717, 1.165) is 5.69 Å². The van der Waals surface area contributed by atoms with E-state index in [1.54, 1.807) is 23.1 Å². The molecule has 3 amide bonds. The number of carbonyl (C=O) groups excluding carboxylic acids is 3. The van der Waals surface area contributed by atoms with Gasteiger partial charge in [0.15, 0.2) is 18.1 Å². The van der Waals surface area contributed by atoms with Crippen molar-refractivity contribution in [1.29, 1.82) is 0 Å². The van der Waals surface area contributed by atoms with Crippen LogP contribution in [0, 0.1) is 5.92 Å². The first kappa shape index (κ1) is 21.2. The molecule has 158 valence electrons. The molecule has 1 fully saturated rings. The second-order valence-corrected chi connectivity index (χ2v) is 7.04. The summed E-state index contributed by atoms with van der Waals surface area (Å²) < 4.78 is 10.6. The van der Waals surface area contributed by atoms with Crippen molar-refractivity contribution in [3.05, 3.63) is 54.1 Å². The van der Waals surface area contributed by atoms with Crippen molar-refractivity contribution < 1.29 is 23.9 Å². The van der Waals surface area contributed by atoms with Crippen LogP contribution < -0.4 is 20.5 Å². The summed E-state index contributed by atoms with van der Waals surface area (Å²) in [6, 6.07) is 14.1. The summed E-state index contributed by atoms with van der Waals surface area (Å²) >= 11 is 0. The molecule has 1 heterocycles. The third-order valence-electron chi connectivity index (χ3n) is 4.97. The van der Waals surface area contributed by atoms with Crippen LogP contribution in [-0.4, -0.2) is 49.4 Å². The molecule has 0 spiro atoms. The summed E-state index contributed by atoms with van der Waals surface area (Å²) in [5, 5.41) is 2.92. The fourth-order valence-corrected chi connectivity index (χ4v) is 3.36. The normalized spacial score (nSPS) is 14.1. The number of para-hydroxylation sites is 1. The zero-order valence-corrected chi connectivity index (χ0v) is 16.8. The average molecular weight is 411 g/mol. The first-order valence-corrected chi connectivity index (χ1v) is 9.72. The molecule has 1 aliphatic heterocycles. The molecule has 1 aliphatic rings. The molecule has 0 atom stereocenters. The Kier molecular flexibility index (Phi) is 6.90. The second-order valence-electron chi connectivity index (χ2n) is 7.04. The third kappa shape index (κ3) is 5.28. The van der Waals surface area contributed by atoms with Gasteiger partial charge in [0.05, 0.1) is 7.11 Å². The number of ether oxygens (including phenoxy) is 2. The summed E-state index contributed by atoms with van der Waals surface area (Å²) in [5.41, 5.74) is 6.31. The number of primary amides is 1. The first-order valence-electron chi connectivity index (χ1n) is 9.72. The van der Waals surface area contributed by atoms with Crippen LogP contribution in [0.1, 0.15) is 23.2 Å². The highest BCUT2D eigenvalue weighted by atomic mass is 16.5. The predicted octanol–water partition coefficient (Wildman–Crippen LogP) is 2.05. The van der Waals surface area contributed by atoms with Gasteiger partial charge >= 0.3 is 0 Å².